The summed E-state index contributed by atoms with van der Waals surface area (Å²) in [5, 5.41) is 9.14. The first-order chi connectivity index (χ1) is 14.7. The van der Waals surface area contributed by atoms with E-state index in [-0.39, 0.29) is 5.56 Å². The molecule has 4 aromatic rings. The van der Waals surface area contributed by atoms with Crippen LogP contribution in [0.25, 0.3) is 22.3 Å². The highest BCUT2D eigenvalue weighted by Gasteiger charge is 2.14. The molecule has 4 rings (SSSR count). The maximum Gasteiger partial charge on any atom is 0.259 e. The average molecular weight is 408 g/mol. The number of hydrogen-bond donors (Lipinski definition) is 1. The molecule has 0 aliphatic rings. The summed E-state index contributed by atoms with van der Waals surface area (Å²) in [5.74, 6) is 2.13. The third-order valence-electron chi connectivity index (χ3n) is 4.84. The summed E-state index contributed by atoms with van der Waals surface area (Å²) in [6, 6.07) is 7.45. The van der Waals surface area contributed by atoms with Crippen LogP contribution in [0.15, 0.2) is 47.8 Å². The second kappa shape index (κ2) is 8.91. The van der Waals surface area contributed by atoms with E-state index in [9.17, 15) is 4.79 Å². The maximum atomic E-state index is 12.8. The van der Waals surface area contributed by atoms with Crippen molar-refractivity contribution < 1.29 is 9.47 Å². The number of nitrogens with one attached hydrogen (secondary N) is 1. The Kier molecular flexibility index (Phi) is 5.89. The van der Waals surface area contributed by atoms with Gasteiger partial charge in [-0.2, -0.15) is 0 Å². The summed E-state index contributed by atoms with van der Waals surface area (Å²) in [5.41, 5.74) is 1.05. The van der Waals surface area contributed by atoms with Crippen LogP contribution in [0.1, 0.15) is 19.2 Å². The minimum absolute atomic E-state index is 0.194. The van der Waals surface area contributed by atoms with Crippen molar-refractivity contribution in [2.45, 2.75) is 26.4 Å². The van der Waals surface area contributed by atoms with Gasteiger partial charge in [0, 0.05) is 43.6 Å². The zero-order valence-corrected chi connectivity index (χ0v) is 17.0. The Labute approximate surface area is 173 Å². The van der Waals surface area contributed by atoms with Gasteiger partial charge in [0.25, 0.3) is 5.56 Å². The van der Waals surface area contributed by atoms with Crippen molar-refractivity contribution in [1.82, 2.24) is 29.3 Å². The highest BCUT2D eigenvalue weighted by Crippen LogP contribution is 2.23. The lowest BCUT2D eigenvalue weighted by Gasteiger charge is -2.10. The number of ether oxygens (including phenoxy) is 2. The summed E-state index contributed by atoms with van der Waals surface area (Å²) in [6.45, 7) is 4.41. The Morgan fingerprint density at radius 3 is 2.93 bits per heavy atom. The summed E-state index contributed by atoms with van der Waals surface area (Å²) >= 11 is 0. The molecular weight excluding hydrogens is 384 g/mol. The van der Waals surface area contributed by atoms with E-state index in [0.717, 1.165) is 35.4 Å². The number of rotatable bonds is 9. The molecule has 0 amide bonds. The molecule has 0 unspecified atom stereocenters. The molecule has 1 aromatic carbocycles. The van der Waals surface area contributed by atoms with E-state index < -0.39 is 0 Å². The van der Waals surface area contributed by atoms with Crippen molar-refractivity contribution in [3.05, 3.63) is 59.2 Å². The van der Waals surface area contributed by atoms with Gasteiger partial charge in [0.15, 0.2) is 5.82 Å². The molecule has 0 aliphatic carbocycles. The lowest BCUT2D eigenvalue weighted by molar-refractivity contribution is 0.190. The van der Waals surface area contributed by atoms with E-state index in [0.29, 0.717) is 31.1 Å². The highest BCUT2D eigenvalue weighted by molar-refractivity contribution is 5.83. The van der Waals surface area contributed by atoms with Crippen molar-refractivity contribution in [1.29, 1.82) is 0 Å². The van der Waals surface area contributed by atoms with E-state index in [1.807, 2.05) is 46.5 Å². The summed E-state index contributed by atoms with van der Waals surface area (Å²) < 4.78 is 14.6. The summed E-state index contributed by atoms with van der Waals surface area (Å²) in [6.07, 6.45) is 6.09. The number of aromatic amines is 1. The number of aryl methyl sites for hydroxylation is 1. The van der Waals surface area contributed by atoms with Crippen molar-refractivity contribution in [3.63, 3.8) is 0 Å². The van der Waals surface area contributed by atoms with Gasteiger partial charge in [-0.05, 0) is 37.6 Å². The molecule has 156 valence electrons. The molecule has 9 nitrogen and oxygen atoms in total. The van der Waals surface area contributed by atoms with Gasteiger partial charge >= 0.3 is 0 Å². The fourth-order valence-electron chi connectivity index (χ4n) is 3.41. The molecule has 3 heterocycles. The van der Waals surface area contributed by atoms with Crippen LogP contribution in [0.3, 0.4) is 0 Å². The van der Waals surface area contributed by atoms with Gasteiger partial charge in [-0.25, -0.2) is 4.98 Å². The highest BCUT2D eigenvalue weighted by atomic mass is 16.5. The fraction of sp³-hybridized carbons (Fsp3) is 0.333. The molecule has 0 bridgehead atoms. The molecular formula is C21H24N6O3. The van der Waals surface area contributed by atoms with E-state index in [2.05, 4.69) is 20.2 Å². The molecule has 0 fully saturated rings. The lowest BCUT2D eigenvalue weighted by Crippen LogP contribution is -2.14. The van der Waals surface area contributed by atoms with Crippen molar-refractivity contribution in [2.75, 3.05) is 20.3 Å². The van der Waals surface area contributed by atoms with E-state index >= 15 is 0 Å². The molecule has 30 heavy (non-hydrogen) atoms. The predicted molar refractivity (Wildman–Crippen MR) is 113 cm³/mol. The molecule has 1 N–H and O–H groups in total. The number of aromatic nitrogens is 6. The zero-order valence-electron chi connectivity index (χ0n) is 17.0. The van der Waals surface area contributed by atoms with Crippen LogP contribution in [-0.4, -0.2) is 49.6 Å². The van der Waals surface area contributed by atoms with Gasteiger partial charge in [0.05, 0.1) is 18.7 Å². The van der Waals surface area contributed by atoms with Gasteiger partial charge in [0.1, 0.15) is 17.9 Å². The van der Waals surface area contributed by atoms with E-state index in [4.69, 9.17) is 9.47 Å². The third-order valence-corrected chi connectivity index (χ3v) is 4.84. The standard InChI is InChI=1S/C21H24N6O3/c1-3-30-16-5-6-18-15(11-16)12-17(21(28)24-18)20-22-7-9-26(20)13-19-25-23-14-27(19)8-4-10-29-2/h5-7,9,11-12,14H,3-4,8,10,13H2,1-2H3,(H,24,28). The number of nitrogens with zero attached hydrogens (tertiary/aromatic N) is 5. The second-order valence-corrected chi connectivity index (χ2v) is 6.86. The molecule has 0 aliphatic heterocycles. The number of imidazole rings is 1. The predicted octanol–water partition coefficient (Wildman–Crippen LogP) is 2.47. The van der Waals surface area contributed by atoms with Crippen molar-refractivity contribution in [2.24, 2.45) is 0 Å². The maximum absolute atomic E-state index is 12.8. The average Bonchev–Trinajstić information content (AvgIpc) is 3.38. The normalized spacial score (nSPS) is 11.3. The van der Waals surface area contributed by atoms with Gasteiger partial charge in [-0.15, -0.1) is 10.2 Å². The molecule has 0 radical (unpaired) electrons. The number of pyridine rings is 1. The minimum atomic E-state index is -0.194. The largest absolute Gasteiger partial charge is 0.494 e. The lowest BCUT2D eigenvalue weighted by atomic mass is 10.1. The Balaban J connectivity index is 1.66. The first-order valence-electron chi connectivity index (χ1n) is 9.86. The van der Waals surface area contributed by atoms with Gasteiger partial charge < -0.3 is 23.6 Å². The van der Waals surface area contributed by atoms with Crippen LogP contribution in [0, 0.1) is 0 Å². The molecule has 0 atom stereocenters. The molecule has 0 saturated carbocycles. The SMILES string of the molecule is CCOc1ccc2[nH]c(=O)c(-c3nccn3Cc3nncn3CCCOC)cc2c1. The minimum Gasteiger partial charge on any atom is -0.494 e. The van der Waals surface area contributed by atoms with Crippen LogP contribution in [0.5, 0.6) is 5.75 Å². The third kappa shape index (κ3) is 4.11. The molecule has 3 aromatic heterocycles. The number of methoxy groups -OCH3 is 1. The van der Waals surface area contributed by atoms with Crippen LogP contribution in [0.4, 0.5) is 0 Å². The van der Waals surface area contributed by atoms with Crippen LogP contribution in [-0.2, 0) is 17.8 Å². The topological polar surface area (TPSA) is 99.9 Å². The molecule has 9 heteroatoms. The smallest absolute Gasteiger partial charge is 0.259 e. The van der Waals surface area contributed by atoms with Gasteiger partial charge in [-0.3, -0.25) is 4.79 Å². The molecule has 0 saturated heterocycles. The Bertz CT molecular complexity index is 1190. The second-order valence-electron chi connectivity index (χ2n) is 6.86. The Morgan fingerprint density at radius 2 is 2.10 bits per heavy atom. The van der Waals surface area contributed by atoms with Crippen molar-refractivity contribution >= 4 is 10.9 Å². The quantitative estimate of drug-likeness (QED) is 0.427. The number of hydrogen-bond acceptors (Lipinski definition) is 6. The number of fused-ring (bicyclic) bond motifs is 1. The van der Waals surface area contributed by atoms with E-state index in [1.165, 1.54) is 0 Å². The number of H-pyrrole nitrogens is 1. The zero-order chi connectivity index (χ0) is 20.9. The number of benzene rings is 1. The van der Waals surface area contributed by atoms with Crippen LogP contribution >= 0.6 is 0 Å². The first-order valence-corrected chi connectivity index (χ1v) is 9.86. The Morgan fingerprint density at radius 1 is 1.20 bits per heavy atom. The molecule has 0 spiro atoms. The summed E-state index contributed by atoms with van der Waals surface area (Å²) in [4.78, 5) is 20.1. The van der Waals surface area contributed by atoms with Crippen LogP contribution in [0.2, 0.25) is 0 Å². The fourth-order valence-corrected chi connectivity index (χ4v) is 3.41. The summed E-state index contributed by atoms with van der Waals surface area (Å²) in [7, 11) is 1.68. The van der Waals surface area contributed by atoms with Crippen LogP contribution < -0.4 is 10.3 Å². The van der Waals surface area contributed by atoms with Crippen molar-refractivity contribution in [3.8, 4) is 17.1 Å². The Hall–Kier alpha value is -3.46. The first kappa shape index (κ1) is 19.8. The van der Waals surface area contributed by atoms with E-state index in [1.54, 1.807) is 19.6 Å². The monoisotopic (exact) mass is 408 g/mol. The van der Waals surface area contributed by atoms with Gasteiger partial charge in [-0.1, -0.05) is 0 Å². The van der Waals surface area contributed by atoms with Gasteiger partial charge in [0.2, 0.25) is 0 Å².